The van der Waals surface area contributed by atoms with Gasteiger partial charge >= 0.3 is 0 Å². The number of hydrogen-bond acceptors (Lipinski definition) is 2. The van der Waals surface area contributed by atoms with Gasteiger partial charge in [0.25, 0.3) is 0 Å². The third-order valence-electron chi connectivity index (χ3n) is 3.90. The van der Waals surface area contributed by atoms with Crippen molar-refractivity contribution in [1.29, 1.82) is 0 Å². The lowest BCUT2D eigenvalue weighted by Crippen LogP contribution is -2.11. The lowest BCUT2D eigenvalue weighted by atomic mass is 9.88. The molecule has 0 aromatic carbocycles. The predicted molar refractivity (Wildman–Crippen MR) is 74.5 cm³/mol. The highest BCUT2D eigenvalue weighted by atomic mass is 16.3. The Morgan fingerprint density at radius 2 is 2.00 bits per heavy atom. The van der Waals surface area contributed by atoms with Gasteiger partial charge in [0.05, 0.1) is 11.8 Å². The van der Waals surface area contributed by atoms with Crippen molar-refractivity contribution >= 4 is 0 Å². The Morgan fingerprint density at radius 3 is 2.56 bits per heavy atom. The average Bonchev–Trinajstić information content (AvgIpc) is 3.05. The molecule has 0 bridgehead atoms. The lowest BCUT2D eigenvalue weighted by molar-refractivity contribution is 0.143. The Bertz CT molecular complexity index is 415. The predicted octanol–water partition coefficient (Wildman–Crippen LogP) is 3.99. The Hall–Kier alpha value is -0.890. The Balaban J connectivity index is 2.04. The van der Waals surface area contributed by atoms with E-state index in [4.69, 9.17) is 0 Å². The molecule has 0 aliphatic heterocycles. The molecule has 18 heavy (non-hydrogen) atoms. The van der Waals surface area contributed by atoms with E-state index < -0.39 is 6.10 Å². The summed E-state index contributed by atoms with van der Waals surface area (Å²) in [6.07, 6.45) is 3.82. The summed E-state index contributed by atoms with van der Waals surface area (Å²) in [5, 5.41) is 10.2. The van der Waals surface area contributed by atoms with Gasteiger partial charge in [-0.15, -0.1) is 0 Å². The zero-order valence-electron chi connectivity index (χ0n) is 12.0. The fraction of sp³-hybridized carbons (Fsp3) is 0.688. The molecule has 1 aromatic heterocycles. The third kappa shape index (κ3) is 3.32. The highest BCUT2D eigenvalue weighted by Gasteiger charge is 2.40. The number of hydrogen-bond donors (Lipinski definition) is 1. The zero-order chi connectivity index (χ0) is 13.4. The normalized spacial score (nSPS) is 19.6. The summed E-state index contributed by atoms with van der Waals surface area (Å²) in [6.45, 7) is 8.86. The van der Waals surface area contributed by atoms with E-state index in [0.717, 1.165) is 24.2 Å². The molecular weight excluding hydrogens is 222 g/mol. The molecule has 1 aromatic rings. The monoisotopic (exact) mass is 247 g/mol. The first-order chi connectivity index (χ1) is 8.30. The molecule has 0 radical (unpaired) electrons. The SMILES string of the molecule is CC(C)(C)CC[C@H](O)c1cccc(C2(C)CC2)n1. The quantitative estimate of drug-likeness (QED) is 0.872. The van der Waals surface area contributed by atoms with Crippen molar-refractivity contribution in [2.75, 3.05) is 0 Å². The van der Waals surface area contributed by atoms with Crippen molar-refractivity contribution in [1.82, 2.24) is 4.98 Å². The molecule has 1 aliphatic rings. The minimum atomic E-state index is -0.425. The van der Waals surface area contributed by atoms with Crippen molar-refractivity contribution in [3.05, 3.63) is 29.6 Å². The molecule has 0 unspecified atom stereocenters. The van der Waals surface area contributed by atoms with Gasteiger partial charge < -0.3 is 5.11 Å². The van der Waals surface area contributed by atoms with Crippen LogP contribution in [0.4, 0.5) is 0 Å². The molecule has 1 N–H and O–H groups in total. The van der Waals surface area contributed by atoms with Gasteiger partial charge in [0.1, 0.15) is 0 Å². The van der Waals surface area contributed by atoms with E-state index in [1.807, 2.05) is 12.1 Å². The van der Waals surface area contributed by atoms with Crippen LogP contribution in [0.1, 0.15) is 70.9 Å². The molecule has 1 fully saturated rings. The highest BCUT2D eigenvalue weighted by molar-refractivity contribution is 5.25. The molecule has 0 amide bonds. The largest absolute Gasteiger partial charge is 0.387 e. The molecule has 0 spiro atoms. The molecule has 2 heteroatoms. The van der Waals surface area contributed by atoms with Crippen molar-refractivity contribution in [3.8, 4) is 0 Å². The Labute approximate surface area is 110 Å². The summed E-state index contributed by atoms with van der Waals surface area (Å²) in [5.74, 6) is 0. The number of aliphatic hydroxyl groups excluding tert-OH is 1. The van der Waals surface area contributed by atoms with Crippen LogP contribution in [-0.2, 0) is 5.41 Å². The lowest BCUT2D eigenvalue weighted by Gasteiger charge is -2.20. The van der Waals surface area contributed by atoms with Gasteiger partial charge in [-0.05, 0) is 43.2 Å². The summed E-state index contributed by atoms with van der Waals surface area (Å²) < 4.78 is 0. The van der Waals surface area contributed by atoms with E-state index in [9.17, 15) is 5.11 Å². The molecule has 0 saturated heterocycles. The second kappa shape index (κ2) is 4.65. The number of rotatable bonds is 4. The van der Waals surface area contributed by atoms with E-state index in [0.29, 0.717) is 0 Å². The second-order valence-corrected chi connectivity index (χ2v) is 7.12. The van der Waals surface area contributed by atoms with Gasteiger partial charge in [-0.25, -0.2) is 0 Å². The van der Waals surface area contributed by atoms with Crippen LogP contribution in [0.3, 0.4) is 0 Å². The van der Waals surface area contributed by atoms with Gasteiger partial charge in [-0.2, -0.15) is 0 Å². The van der Waals surface area contributed by atoms with E-state index in [1.54, 1.807) is 0 Å². The Kier molecular flexibility index (Phi) is 3.50. The average molecular weight is 247 g/mol. The number of aliphatic hydroxyl groups is 1. The first kappa shape index (κ1) is 13.5. The van der Waals surface area contributed by atoms with Crippen LogP contribution in [0.25, 0.3) is 0 Å². The molecule has 1 heterocycles. The van der Waals surface area contributed by atoms with Gasteiger partial charge in [0, 0.05) is 11.1 Å². The topological polar surface area (TPSA) is 33.1 Å². The smallest absolute Gasteiger partial charge is 0.0960 e. The van der Waals surface area contributed by atoms with Gasteiger partial charge in [0.2, 0.25) is 0 Å². The van der Waals surface area contributed by atoms with Crippen LogP contribution < -0.4 is 0 Å². The van der Waals surface area contributed by atoms with Gasteiger partial charge in [0.15, 0.2) is 0 Å². The van der Waals surface area contributed by atoms with Crippen molar-refractivity contribution in [2.24, 2.45) is 5.41 Å². The minimum Gasteiger partial charge on any atom is -0.387 e. The van der Waals surface area contributed by atoms with E-state index in [2.05, 4.69) is 38.7 Å². The van der Waals surface area contributed by atoms with Crippen LogP contribution in [0.2, 0.25) is 0 Å². The minimum absolute atomic E-state index is 0.265. The summed E-state index contributed by atoms with van der Waals surface area (Å²) in [4.78, 5) is 4.66. The summed E-state index contributed by atoms with van der Waals surface area (Å²) >= 11 is 0. The zero-order valence-corrected chi connectivity index (χ0v) is 12.0. The summed E-state index contributed by atoms with van der Waals surface area (Å²) in [6, 6.07) is 6.07. The first-order valence-electron chi connectivity index (χ1n) is 6.96. The second-order valence-electron chi connectivity index (χ2n) is 7.12. The molecule has 2 nitrogen and oxygen atoms in total. The molecular formula is C16H25NO. The fourth-order valence-corrected chi connectivity index (χ4v) is 2.13. The summed E-state index contributed by atoms with van der Waals surface area (Å²) in [5.41, 5.74) is 2.53. The van der Waals surface area contributed by atoms with Gasteiger partial charge in [-0.1, -0.05) is 33.8 Å². The molecule has 2 rings (SSSR count). The van der Waals surface area contributed by atoms with Crippen molar-refractivity contribution < 1.29 is 5.11 Å². The van der Waals surface area contributed by atoms with Crippen LogP contribution >= 0.6 is 0 Å². The fourth-order valence-electron chi connectivity index (χ4n) is 2.13. The maximum Gasteiger partial charge on any atom is 0.0960 e. The van der Waals surface area contributed by atoms with Crippen LogP contribution in [0, 0.1) is 5.41 Å². The summed E-state index contributed by atoms with van der Waals surface area (Å²) in [7, 11) is 0. The van der Waals surface area contributed by atoms with E-state index in [-0.39, 0.29) is 10.8 Å². The third-order valence-corrected chi connectivity index (χ3v) is 3.90. The van der Waals surface area contributed by atoms with Gasteiger partial charge in [-0.3, -0.25) is 4.98 Å². The van der Waals surface area contributed by atoms with Crippen LogP contribution in [0.5, 0.6) is 0 Å². The standard InChI is InChI=1S/C16H25NO/c1-15(2,3)9-8-13(18)12-6-5-7-14(17-12)16(4)10-11-16/h5-7,13,18H,8-11H2,1-4H3/t13-/m0/s1. The molecule has 100 valence electrons. The maximum atomic E-state index is 10.2. The van der Waals surface area contributed by atoms with Crippen LogP contribution in [-0.4, -0.2) is 10.1 Å². The number of nitrogens with zero attached hydrogens (tertiary/aromatic N) is 1. The number of aromatic nitrogens is 1. The molecule has 1 saturated carbocycles. The first-order valence-corrected chi connectivity index (χ1v) is 6.96. The maximum absolute atomic E-state index is 10.2. The Morgan fingerprint density at radius 1 is 1.33 bits per heavy atom. The molecule has 1 aliphatic carbocycles. The molecule has 1 atom stereocenters. The number of pyridine rings is 1. The van der Waals surface area contributed by atoms with Crippen molar-refractivity contribution in [3.63, 3.8) is 0 Å². The van der Waals surface area contributed by atoms with Crippen LogP contribution in [0.15, 0.2) is 18.2 Å². The highest BCUT2D eigenvalue weighted by Crippen LogP contribution is 2.46. The van der Waals surface area contributed by atoms with Crippen molar-refractivity contribution in [2.45, 2.75) is 64.9 Å². The van der Waals surface area contributed by atoms with E-state index in [1.165, 1.54) is 12.8 Å². The van der Waals surface area contributed by atoms with E-state index >= 15 is 0 Å².